The first-order chi connectivity index (χ1) is 14.6. The first-order valence-electron chi connectivity index (χ1n) is 10.2. The molecule has 5 nitrogen and oxygen atoms in total. The largest absolute Gasteiger partial charge is 0.497 e. The van der Waals surface area contributed by atoms with Crippen LogP contribution in [0.3, 0.4) is 0 Å². The third-order valence-electron chi connectivity index (χ3n) is 5.66. The number of methoxy groups -OCH3 is 1. The van der Waals surface area contributed by atoms with Gasteiger partial charge >= 0.3 is 0 Å². The van der Waals surface area contributed by atoms with Gasteiger partial charge in [-0.1, -0.05) is 12.1 Å². The fourth-order valence-electron chi connectivity index (χ4n) is 3.96. The van der Waals surface area contributed by atoms with E-state index in [9.17, 15) is 9.18 Å². The van der Waals surface area contributed by atoms with Gasteiger partial charge in [-0.05, 0) is 54.1 Å². The molecule has 0 radical (unpaired) electrons. The number of halogens is 1. The van der Waals surface area contributed by atoms with E-state index in [0.717, 1.165) is 30.1 Å². The fraction of sp³-hybridized carbons (Fsp3) is 0.292. The van der Waals surface area contributed by atoms with Crippen LogP contribution in [0.5, 0.6) is 5.75 Å². The molecule has 4 rings (SSSR count). The molecule has 1 fully saturated rings. The van der Waals surface area contributed by atoms with E-state index in [1.807, 2.05) is 53.7 Å². The van der Waals surface area contributed by atoms with Gasteiger partial charge in [-0.2, -0.15) is 0 Å². The Morgan fingerprint density at radius 1 is 1.00 bits per heavy atom. The first-order valence-corrected chi connectivity index (χ1v) is 10.2. The second kappa shape index (κ2) is 9.03. The molecule has 1 atom stereocenters. The van der Waals surface area contributed by atoms with Crippen LogP contribution in [-0.2, 0) is 4.79 Å². The molecule has 0 bridgehead atoms. The fourth-order valence-corrected chi connectivity index (χ4v) is 3.96. The van der Waals surface area contributed by atoms with E-state index in [2.05, 4.69) is 9.47 Å². The highest BCUT2D eigenvalue weighted by Gasteiger charge is 2.25. The van der Waals surface area contributed by atoms with Crippen LogP contribution in [0.1, 0.15) is 18.0 Å². The van der Waals surface area contributed by atoms with Crippen molar-refractivity contribution in [3.05, 3.63) is 84.4 Å². The Bertz CT molecular complexity index is 964. The summed E-state index contributed by atoms with van der Waals surface area (Å²) < 4.78 is 20.6. The average Bonchev–Trinajstić information content (AvgIpc) is 3.32. The van der Waals surface area contributed by atoms with Crippen molar-refractivity contribution in [2.24, 2.45) is 0 Å². The van der Waals surface area contributed by atoms with Crippen LogP contribution in [0.25, 0.3) is 0 Å². The van der Waals surface area contributed by atoms with Crippen molar-refractivity contribution in [1.29, 1.82) is 0 Å². The lowest BCUT2D eigenvalue weighted by molar-refractivity contribution is -0.132. The Balaban J connectivity index is 1.44. The van der Waals surface area contributed by atoms with Gasteiger partial charge in [0.25, 0.3) is 0 Å². The average molecular weight is 407 g/mol. The highest BCUT2D eigenvalue weighted by Crippen LogP contribution is 2.27. The molecule has 1 aromatic heterocycles. The number of piperazine rings is 1. The Kier molecular flexibility index (Phi) is 6.02. The molecular weight excluding hydrogens is 381 g/mol. The minimum absolute atomic E-state index is 0.0854. The summed E-state index contributed by atoms with van der Waals surface area (Å²) in [6.45, 7) is 2.80. The van der Waals surface area contributed by atoms with E-state index in [4.69, 9.17) is 4.74 Å². The summed E-state index contributed by atoms with van der Waals surface area (Å²) in [6.07, 6.45) is 4.37. The van der Waals surface area contributed by atoms with Crippen molar-refractivity contribution in [2.75, 3.05) is 38.2 Å². The van der Waals surface area contributed by atoms with Gasteiger partial charge in [0.1, 0.15) is 11.6 Å². The number of rotatable bonds is 6. The van der Waals surface area contributed by atoms with E-state index >= 15 is 0 Å². The molecule has 30 heavy (non-hydrogen) atoms. The maximum Gasteiger partial charge on any atom is 0.225 e. The zero-order valence-electron chi connectivity index (χ0n) is 17.1. The zero-order chi connectivity index (χ0) is 20.9. The second-order valence-corrected chi connectivity index (χ2v) is 7.47. The summed E-state index contributed by atoms with van der Waals surface area (Å²) in [5.74, 6) is 0.682. The van der Waals surface area contributed by atoms with Crippen molar-refractivity contribution in [2.45, 2.75) is 12.5 Å². The molecule has 0 unspecified atom stereocenters. The predicted octanol–water partition coefficient (Wildman–Crippen LogP) is 3.96. The molecule has 1 aliphatic rings. The minimum atomic E-state index is -0.235. The van der Waals surface area contributed by atoms with E-state index in [1.165, 1.54) is 12.1 Å². The molecule has 156 valence electrons. The number of hydrogen-bond donors (Lipinski definition) is 0. The molecule has 2 heterocycles. The molecule has 1 saturated heterocycles. The molecule has 0 aliphatic carbocycles. The maximum absolute atomic E-state index is 13.2. The Morgan fingerprint density at radius 3 is 2.37 bits per heavy atom. The van der Waals surface area contributed by atoms with Crippen LogP contribution in [-0.4, -0.2) is 48.7 Å². The smallest absolute Gasteiger partial charge is 0.225 e. The van der Waals surface area contributed by atoms with Gasteiger partial charge in [-0.3, -0.25) is 4.79 Å². The molecule has 0 saturated carbocycles. The Hall–Kier alpha value is -3.28. The van der Waals surface area contributed by atoms with Crippen LogP contribution in [0.2, 0.25) is 0 Å². The summed E-state index contributed by atoms with van der Waals surface area (Å²) in [5, 5.41) is 0. The number of anilines is 1. The number of amides is 1. The van der Waals surface area contributed by atoms with Crippen molar-refractivity contribution >= 4 is 11.6 Å². The maximum atomic E-state index is 13.2. The normalized spacial score (nSPS) is 15.1. The number of hydrogen-bond acceptors (Lipinski definition) is 3. The monoisotopic (exact) mass is 407 g/mol. The quantitative estimate of drug-likeness (QED) is 0.621. The van der Waals surface area contributed by atoms with Gasteiger partial charge < -0.3 is 19.1 Å². The van der Waals surface area contributed by atoms with Gasteiger partial charge in [-0.15, -0.1) is 0 Å². The molecule has 1 amide bonds. The summed E-state index contributed by atoms with van der Waals surface area (Å²) in [6, 6.07) is 18.3. The standard InChI is InChI=1S/C24H26FN3O2/c1-30-22-6-4-5-19(17-22)23(27-11-2-3-12-27)18-24(29)28-15-13-26(14-16-28)21-9-7-20(25)8-10-21/h2-12,17,23H,13-16,18H2,1H3/t23-/m1/s1. The molecular formula is C24H26FN3O2. The van der Waals surface area contributed by atoms with Crippen LogP contribution >= 0.6 is 0 Å². The topological polar surface area (TPSA) is 37.7 Å². The highest BCUT2D eigenvalue weighted by atomic mass is 19.1. The third-order valence-corrected chi connectivity index (χ3v) is 5.66. The highest BCUT2D eigenvalue weighted by molar-refractivity contribution is 5.77. The Morgan fingerprint density at radius 2 is 1.70 bits per heavy atom. The third kappa shape index (κ3) is 4.48. The van der Waals surface area contributed by atoms with Gasteiger partial charge in [0.2, 0.25) is 5.91 Å². The van der Waals surface area contributed by atoms with Crippen LogP contribution in [0.4, 0.5) is 10.1 Å². The lowest BCUT2D eigenvalue weighted by Gasteiger charge is -2.36. The minimum Gasteiger partial charge on any atom is -0.497 e. The van der Waals surface area contributed by atoms with E-state index in [-0.39, 0.29) is 17.8 Å². The zero-order valence-corrected chi connectivity index (χ0v) is 17.1. The molecule has 2 aromatic carbocycles. The lowest BCUT2D eigenvalue weighted by Crippen LogP contribution is -2.49. The summed E-state index contributed by atoms with van der Waals surface area (Å²) >= 11 is 0. The molecule has 0 N–H and O–H groups in total. The number of benzene rings is 2. The van der Waals surface area contributed by atoms with Crippen LogP contribution in [0.15, 0.2) is 73.1 Å². The summed E-state index contributed by atoms with van der Waals surface area (Å²) in [4.78, 5) is 17.2. The van der Waals surface area contributed by atoms with Crippen molar-refractivity contribution in [1.82, 2.24) is 9.47 Å². The molecule has 6 heteroatoms. The van der Waals surface area contributed by atoms with Crippen LogP contribution < -0.4 is 9.64 Å². The SMILES string of the molecule is COc1cccc([C@@H](CC(=O)N2CCN(c3ccc(F)cc3)CC2)n2cccc2)c1. The number of aromatic nitrogens is 1. The first kappa shape index (κ1) is 20.0. The Labute approximate surface area is 176 Å². The van der Waals surface area contributed by atoms with Crippen molar-refractivity contribution < 1.29 is 13.9 Å². The van der Waals surface area contributed by atoms with Crippen LogP contribution in [0, 0.1) is 5.82 Å². The van der Waals surface area contributed by atoms with E-state index in [0.29, 0.717) is 19.5 Å². The van der Waals surface area contributed by atoms with Gasteiger partial charge in [-0.25, -0.2) is 4.39 Å². The molecule has 0 spiro atoms. The van der Waals surface area contributed by atoms with Crippen molar-refractivity contribution in [3.8, 4) is 5.75 Å². The summed E-state index contributed by atoms with van der Waals surface area (Å²) in [5.41, 5.74) is 2.04. The molecule has 1 aliphatic heterocycles. The van der Waals surface area contributed by atoms with E-state index in [1.54, 1.807) is 19.2 Å². The molecule has 3 aromatic rings. The number of carbonyl (C=O) groups is 1. The second-order valence-electron chi connectivity index (χ2n) is 7.47. The number of nitrogens with zero attached hydrogens (tertiary/aromatic N) is 3. The number of carbonyl (C=O) groups excluding carboxylic acids is 1. The predicted molar refractivity (Wildman–Crippen MR) is 115 cm³/mol. The van der Waals surface area contributed by atoms with E-state index < -0.39 is 0 Å². The number of ether oxygens (including phenoxy) is 1. The summed E-state index contributed by atoms with van der Waals surface area (Å²) in [7, 11) is 1.65. The van der Waals surface area contributed by atoms with Gasteiger partial charge in [0.05, 0.1) is 19.6 Å². The lowest BCUT2D eigenvalue weighted by atomic mass is 10.0. The van der Waals surface area contributed by atoms with Crippen molar-refractivity contribution in [3.63, 3.8) is 0 Å². The van der Waals surface area contributed by atoms with Gasteiger partial charge in [0.15, 0.2) is 0 Å². The van der Waals surface area contributed by atoms with Gasteiger partial charge in [0, 0.05) is 44.3 Å².